The third kappa shape index (κ3) is 2.82. The Morgan fingerprint density at radius 1 is 1.70 bits per heavy atom. The molecule has 1 unspecified atom stereocenters. The zero-order valence-electron chi connectivity index (χ0n) is 6.46. The van der Waals surface area contributed by atoms with Crippen LogP contribution in [0.5, 0.6) is 0 Å². The molecule has 3 heteroatoms. The minimum absolute atomic E-state index is 0.0492. The number of hydrogen-bond acceptors (Lipinski definition) is 3. The molecule has 10 heavy (non-hydrogen) atoms. The van der Waals surface area contributed by atoms with Crippen molar-refractivity contribution < 1.29 is 14.6 Å². The number of ether oxygens (including phenoxy) is 1. The van der Waals surface area contributed by atoms with Crippen molar-refractivity contribution in [3.8, 4) is 0 Å². The van der Waals surface area contributed by atoms with E-state index in [0.29, 0.717) is 6.42 Å². The van der Waals surface area contributed by atoms with E-state index >= 15 is 0 Å². The molecule has 0 bridgehead atoms. The van der Waals surface area contributed by atoms with Crippen LogP contribution in [0.25, 0.3) is 0 Å². The Bertz CT molecular complexity index is 101. The second-order valence-corrected chi connectivity index (χ2v) is 2.14. The lowest BCUT2D eigenvalue weighted by Crippen LogP contribution is -2.16. The van der Waals surface area contributed by atoms with E-state index in [1.54, 1.807) is 0 Å². The Balaban J connectivity index is 3.68. The van der Waals surface area contributed by atoms with Gasteiger partial charge in [0.25, 0.3) is 0 Å². The van der Waals surface area contributed by atoms with Crippen LogP contribution in [0.2, 0.25) is 0 Å². The monoisotopic (exact) mass is 146 g/mol. The van der Waals surface area contributed by atoms with Gasteiger partial charge in [0.2, 0.25) is 0 Å². The first-order valence-corrected chi connectivity index (χ1v) is 3.45. The fourth-order valence-electron chi connectivity index (χ4n) is 0.811. The Morgan fingerprint density at radius 3 is 2.60 bits per heavy atom. The fraction of sp³-hybridized carbons (Fsp3) is 0.857. The molecule has 1 atom stereocenters. The van der Waals surface area contributed by atoms with E-state index in [-0.39, 0.29) is 18.5 Å². The molecule has 1 N–H and O–H groups in total. The number of aliphatic hydroxyl groups excluding tert-OH is 1. The second-order valence-electron chi connectivity index (χ2n) is 2.14. The van der Waals surface area contributed by atoms with Crippen molar-refractivity contribution in [3.05, 3.63) is 0 Å². The molecule has 0 aliphatic carbocycles. The smallest absolute Gasteiger partial charge is 0.308 e. The normalized spacial score (nSPS) is 12.7. The Labute approximate surface area is 61.0 Å². The molecule has 0 aromatic carbocycles. The molecule has 0 radical (unpaired) electrons. The van der Waals surface area contributed by atoms with Crippen molar-refractivity contribution in [2.24, 2.45) is 5.92 Å². The van der Waals surface area contributed by atoms with E-state index < -0.39 is 0 Å². The van der Waals surface area contributed by atoms with E-state index in [2.05, 4.69) is 4.74 Å². The highest BCUT2D eigenvalue weighted by atomic mass is 16.5. The van der Waals surface area contributed by atoms with Gasteiger partial charge >= 0.3 is 5.97 Å². The van der Waals surface area contributed by atoms with E-state index in [1.807, 2.05) is 6.92 Å². The molecule has 3 nitrogen and oxygen atoms in total. The van der Waals surface area contributed by atoms with E-state index in [4.69, 9.17) is 5.11 Å². The van der Waals surface area contributed by atoms with Gasteiger partial charge in [-0.25, -0.2) is 0 Å². The molecule has 0 aromatic heterocycles. The molecule has 0 aliphatic heterocycles. The molecule has 0 heterocycles. The number of methoxy groups -OCH3 is 1. The summed E-state index contributed by atoms with van der Waals surface area (Å²) in [5.74, 6) is -0.355. The van der Waals surface area contributed by atoms with Crippen LogP contribution in [-0.4, -0.2) is 24.8 Å². The maximum atomic E-state index is 10.8. The summed E-state index contributed by atoms with van der Waals surface area (Å²) >= 11 is 0. The van der Waals surface area contributed by atoms with Gasteiger partial charge in [-0.05, 0) is 12.8 Å². The van der Waals surface area contributed by atoms with Gasteiger partial charge in [-0.2, -0.15) is 0 Å². The highest BCUT2D eigenvalue weighted by Gasteiger charge is 2.15. The van der Waals surface area contributed by atoms with Gasteiger partial charge in [-0.3, -0.25) is 4.79 Å². The predicted molar refractivity (Wildman–Crippen MR) is 37.5 cm³/mol. The van der Waals surface area contributed by atoms with Crippen LogP contribution in [0.15, 0.2) is 0 Å². The van der Waals surface area contributed by atoms with E-state index in [0.717, 1.165) is 6.42 Å². The first kappa shape index (κ1) is 9.43. The molecule has 0 aromatic rings. The van der Waals surface area contributed by atoms with Gasteiger partial charge in [-0.1, -0.05) is 6.92 Å². The molecule has 0 spiro atoms. The number of carbonyl (C=O) groups excluding carboxylic acids is 1. The van der Waals surface area contributed by atoms with E-state index in [9.17, 15) is 4.79 Å². The largest absolute Gasteiger partial charge is 0.469 e. The lowest BCUT2D eigenvalue weighted by Gasteiger charge is -2.09. The molecule has 0 aliphatic rings. The Kier molecular flexibility index (Phi) is 4.94. The Morgan fingerprint density at radius 2 is 2.30 bits per heavy atom. The van der Waals surface area contributed by atoms with Gasteiger partial charge < -0.3 is 9.84 Å². The first-order chi connectivity index (χ1) is 4.76. The van der Waals surface area contributed by atoms with Crippen LogP contribution in [-0.2, 0) is 9.53 Å². The van der Waals surface area contributed by atoms with Crippen molar-refractivity contribution in [1.82, 2.24) is 0 Å². The summed E-state index contributed by atoms with van der Waals surface area (Å²) in [6, 6.07) is 0. The van der Waals surface area contributed by atoms with Crippen LogP contribution in [0, 0.1) is 5.92 Å². The zero-order valence-corrected chi connectivity index (χ0v) is 6.46. The topological polar surface area (TPSA) is 46.5 Å². The highest BCUT2D eigenvalue weighted by Crippen LogP contribution is 2.08. The van der Waals surface area contributed by atoms with Crippen LogP contribution in [0.3, 0.4) is 0 Å². The van der Waals surface area contributed by atoms with Crippen molar-refractivity contribution >= 4 is 5.97 Å². The standard InChI is InChI=1S/C7H14O3/c1-3-6(4-5-8)7(9)10-2/h6,8H,3-5H2,1-2H3. The van der Waals surface area contributed by atoms with Gasteiger partial charge in [0.05, 0.1) is 13.0 Å². The summed E-state index contributed by atoms with van der Waals surface area (Å²) in [7, 11) is 1.36. The average Bonchev–Trinajstić information content (AvgIpc) is 1.99. The molecule has 0 saturated heterocycles. The van der Waals surface area contributed by atoms with Crippen molar-refractivity contribution in [3.63, 3.8) is 0 Å². The van der Waals surface area contributed by atoms with Crippen molar-refractivity contribution in [2.75, 3.05) is 13.7 Å². The lowest BCUT2D eigenvalue weighted by molar-refractivity contribution is -0.146. The maximum Gasteiger partial charge on any atom is 0.308 e. The predicted octanol–water partition coefficient (Wildman–Crippen LogP) is 0.568. The molecule has 0 saturated carbocycles. The second kappa shape index (κ2) is 5.23. The number of aliphatic hydroxyl groups is 1. The van der Waals surface area contributed by atoms with Crippen molar-refractivity contribution in [2.45, 2.75) is 19.8 Å². The van der Waals surface area contributed by atoms with Crippen LogP contribution in [0.4, 0.5) is 0 Å². The van der Waals surface area contributed by atoms with Gasteiger partial charge in [-0.15, -0.1) is 0 Å². The number of rotatable bonds is 4. The molecule has 0 amide bonds. The summed E-state index contributed by atoms with van der Waals surface area (Å²) in [6.45, 7) is 1.95. The Hall–Kier alpha value is -0.570. The third-order valence-electron chi connectivity index (χ3n) is 1.50. The zero-order chi connectivity index (χ0) is 7.98. The molecular weight excluding hydrogens is 132 g/mol. The molecule has 0 fully saturated rings. The molecule has 60 valence electrons. The van der Waals surface area contributed by atoms with Gasteiger partial charge in [0.1, 0.15) is 0 Å². The quantitative estimate of drug-likeness (QED) is 0.590. The molecule has 0 rings (SSSR count). The lowest BCUT2D eigenvalue weighted by atomic mass is 10.0. The summed E-state index contributed by atoms with van der Waals surface area (Å²) in [5.41, 5.74) is 0. The van der Waals surface area contributed by atoms with Crippen LogP contribution < -0.4 is 0 Å². The number of esters is 1. The molecular formula is C7H14O3. The maximum absolute atomic E-state index is 10.8. The van der Waals surface area contributed by atoms with Gasteiger partial charge in [0, 0.05) is 6.61 Å². The number of hydrogen-bond donors (Lipinski definition) is 1. The van der Waals surface area contributed by atoms with Crippen LogP contribution in [0.1, 0.15) is 19.8 Å². The van der Waals surface area contributed by atoms with Crippen molar-refractivity contribution in [1.29, 1.82) is 0 Å². The number of carbonyl (C=O) groups is 1. The SMILES string of the molecule is CCC(CCO)C(=O)OC. The first-order valence-electron chi connectivity index (χ1n) is 3.45. The fourth-order valence-corrected chi connectivity index (χ4v) is 0.811. The van der Waals surface area contributed by atoms with Crippen LogP contribution >= 0.6 is 0 Å². The summed E-state index contributed by atoms with van der Waals surface area (Å²) in [5, 5.41) is 8.50. The van der Waals surface area contributed by atoms with Gasteiger partial charge in [0.15, 0.2) is 0 Å². The summed E-state index contributed by atoms with van der Waals surface area (Å²) in [6.07, 6.45) is 1.23. The summed E-state index contributed by atoms with van der Waals surface area (Å²) < 4.78 is 4.51. The highest BCUT2D eigenvalue weighted by molar-refractivity contribution is 5.72. The minimum atomic E-state index is -0.225. The summed E-state index contributed by atoms with van der Waals surface area (Å²) in [4.78, 5) is 10.8. The third-order valence-corrected chi connectivity index (χ3v) is 1.50. The van der Waals surface area contributed by atoms with E-state index in [1.165, 1.54) is 7.11 Å². The minimum Gasteiger partial charge on any atom is -0.469 e. The average molecular weight is 146 g/mol.